The minimum Gasteiger partial charge on any atom is -0.385 e. The van der Waals surface area contributed by atoms with Crippen molar-refractivity contribution in [2.75, 3.05) is 19.5 Å². The molecule has 0 bridgehead atoms. The van der Waals surface area contributed by atoms with Crippen molar-refractivity contribution in [1.29, 1.82) is 0 Å². The highest BCUT2D eigenvalue weighted by atomic mass is 16.5. The van der Waals surface area contributed by atoms with Crippen LogP contribution in [0.1, 0.15) is 32.9 Å². The lowest BCUT2D eigenvalue weighted by molar-refractivity contribution is 0.189. The smallest absolute Gasteiger partial charge is 0.121 e. The molecular formula is C11H21N3O. The molecule has 86 valence electrons. The van der Waals surface area contributed by atoms with Gasteiger partial charge in [-0.05, 0) is 6.42 Å². The van der Waals surface area contributed by atoms with Gasteiger partial charge in [0.25, 0.3) is 0 Å². The zero-order chi connectivity index (χ0) is 11.5. The Hall–Kier alpha value is -1.03. The van der Waals surface area contributed by atoms with Crippen LogP contribution >= 0.6 is 0 Å². The summed E-state index contributed by atoms with van der Waals surface area (Å²) in [6.07, 6.45) is 0.936. The first kappa shape index (κ1) is 12.0. The maximum Gasteiger partial charge on any atom is 0.121 e. The second kappa shape index (κ2) is 4.66. The van der Waals surface area contributed by atoms with E-state index in [-0.39, 0.29) is 5.41 Å². The fourth-order valence-corrected chi connectivity index (χ4v) is 1.34. The van der Waals surface area contributed by atoms with E-state index in [1.807, 2.05) is 10.7 Å². The number of nitrogens with two attached hydrogens (primary N) is 1. The second-order valence-corrected chi connectivity index (χ2v) is 4.77. The van der Waals surface area contributed by atoms with Crippen LogP contribution < -0.4 is 5.73 Å². The van der Waals surface area contributed by atoms with Crippen molar-refractivity contribution in [3.8, 4) is 0 Å². The number of nitrogen functional groups attached to an aromatic ring is 1. The molecule has 15 heavy (non-hydrogen) atoms. The molecule has 1 aromatic rings. The molecule has 0 radical (unpaired) electrons. The normalized spacial score (nSPS) is 12.0. The van der Waals surface area contributed by atoms with Gasteiger partial charge in [-0.2, -0.15) is 5.10 Å². The molecule has 1 aromatic heterocycles. The van der Waals surface area contributed by atoms with Crippen LogP contribution in [0.2, 0.25) is 0 Å². The first-order valence-corrected chi connectivity index (χ1v) is 5.28. The first-order valence-electron chi connectivity index (χ1n) is 5.28. The van der Waals surface area contributed by atoms with E-state index in [9.17, 15) is 0 Å². The summed E-state index contributed by atoms with van der Waals surface area (Å²) in [5.41, 5.74) is 6.98. The predicted octanol–water partition coefficient (Wildman–Crippen LogP) is 1.80. The number of rotatable bonds is 4. The maximum absolute atomic E-state index is 5.88. The van der Waals surface area contributed by atoms with E-state index in [0.29, 0.717) is 0 Å². The molecule has 0 aliphatic rings. The van der Waals surface area contributed by atoms with Crippen LogP contribution in [0.3, 0.4) is 0 Å². The van der Waals surface area contributed by atoms with Crippen molar-refractivity contribution in [2.24, 2.45) is 0 Å². The highest BCUT2D eigenvalue weighted by Crippen LogP contribution is 2.22. The van der Waals surface area contributed by atoms with Crippen molar-refractivity contribution in [3.63, 3.8) is 0 Å². The molecular weight excluding hydrogens is 190 g/mol. The van der Waals surface area contributed by atoms with Gasteiger partial charge in [0.1, 0.15) is 5.82 Å². The van der Waals surface area contributed by atoms with Gasteiger partial charge in [-0.25, -0.2) is 4.68 Å². The third kappa shape index (κ3) is 3.23. The zero-order valence-electron chi connectivity index (χ0n) is 10.1. The Labute approximate surface area is 91.4 Å². The third-order valence-electron chi connectivity index (χ3n) is 2.30. The summed E-state index contributed by atoms with van der Waals surface area (Å²) < 4.78 is 6.84. The summed E-state index contributed by atoms with van der Waals surface area (Å²) in [6, 6.07) is 1.95. The topological polar surface area (TPSA) is 53.1 Å². The zero-order valence-corrected chi connectivity index (χ0v) is 10.1. The van der Waals surface area contributed by atoms with Crippen molar-refractivity contribution < 1.29 is 4.74 Å². The van der Waals surface area contributed by atoms with Crippen molar-refractivity contribution in [1.82, 2.24) is 9.78 Å². The Balaban J connectivity index is 2.69. The monoisotopic (exact) mass is 211 g/mol. The molecule has 2 N–H and O–H groups in total. The number of aromatic nitrogens is 2. The number of ether oxygens (including phenoxy) is 1. The van der Waals surface area contributed by atoms with Gasteiger partial charge in [-0.1, -0.05) is 20.8 Å². The minimum atomic E-state index is 0.0562. The summed E-state index contributed by atoms with van der Waals surface area (Å²) in [5, 5.41) is 4.49. The Morgan fingerprint density at radius 3 is 2.60 bits per heavy atom. The standard InChI is InChI=1S/C11H21N3O/c1-11(2,3)9-8-10(12)14(13-9)6-5-7-15-4/h8H,5-7,12H2,1-4H3. The molecule has 1 heterocycles. The minimum absolute atomic E-state index is 0.0562. The van der Waals surface area contributed by atoms with Crippen LogP contribution in [-0.4, -0.2) is 23.5 Å². The van der Waals surface area contributed by atoms with Gasteiger partial charge in [-0.15, -0.1) is 0 Å². The molecule has 0 saturated heterocycles. The number of aryl methyl sites for hydroxylation is 1. The molecule has 0 aliphatic heterocycles. The van der Waals surface area contributed by atoms with E-state index >= 15 is 0 Å². The van der Waals surface area contributed by atoms with Gasteiger partial charge >= 0.3 is 0 Å². The molecule has 0 fully saturated rings. The van der Waals surface area contributed by atoms with Crippen LogP contribution in [0.5, 0.6) is 0 Å². The van der Waals surface area contributed by atoms with Gasteiger partial charge in [0.2, 0.25) is 0 Å². The molecule has 0 amide bonds. The molecule has 4 heteroatoms. The van der Waals surface area contributed by atoms with E-state index in [1.54, 1.807) is 7.11 Å². The van der Waals surface area contributed by atoms with Crippen LogP contribution in [0, 0.1) is 0 Å². The SMILES string of the molecule is COCCCn1nc(C(C)(C)C)cc1N. The molecule has 1 rings (SSSR count). The van der Waals surface area contributed by atoms with Crippen LogP contribution in [0.25, 0.3) is 0 Å². The highest BCUT2D eigenvalue weighted by Gasteiger charge is 2.18. The molecule has 0 unspecified atom stereocenters. The summed E-state index contributed by atoms with van der Waals surface area (Å²) in [4.78, 5) is 0. The van der Waals surface area contributed by atoms with E-state index < -0.39 is 0 Å². The Bertz CT molecular complexity index is 312. The average molecular weight is 211 g/mol. The number of hydrogen-bond donors (Lipinski definition) is 1. The molecule has 0 aliphatic carbocycles. The van der Waals surface area contributed by atoms with E-state index in [2.05, 4.69) is 25.9 Å². The quantitative estimate of drug-likeness (QED) is 0.773. The predicted molar refractivity (Wildman–Crippen MR) is 61.8 cm³/mol. The van der Waals surface area contributed by atoms with Crippen LogP contribution in [-0.2, 0) is 16.7 Å². The lowest BCUT2D eigenvalue weighted by Gasteiger charge is -2.14. The van der Waals surface area contributed by atoms with E-state index in [4.69, 9.17) is 10.5 Å². The van der Waals surface area contributed by atoms with Crippen molar-refractivity contribution >= 4 is 5.82 Å². The Morgan fingerprint density at radius 1 is 1.47 bits per heavy atom. The molecule has 4 nitrogen and oxygen atoms in total. The largest absolute Gasteiger partial charge is 0.385 e. The Morgan fingerprint density at radius 2 is 2.13 bits per heavy atom. The highest BCUT2D eigenvalue weighted by molar-refractivity contribution is 5.33. The van der Waals surface area contributed by atoms with Gasteiger partial charge in [0, 0.05) is 31.7 Å². The van der Waals surface area contributed by atoms with Gasteiger partial charge in [0.05, 0.1) is 5.69 Å². The number of methoxy groups -OCH3 is 1. The molecule has 0 saturated carbocycles. The summed E-state index contributed by atoms with van der Waals surface area (Å²) >= 11 is 0. The van der Waals surface area contributed by atoms with Crippen molar-refractivity contribution in [2.45, 2.75) is 39.2 Å². The summed E-state index contributed by atoms with van der Waals surface area (Å²) in [6.45, 7) is 7.96. The molecule has 0 spiro atoms. The average Bonchev–Trinajstić information content (AvgIpc) is 2.48. The number of nitrogens with zero attached hydrogens (tertiary/aromatic N) is 2. The lowest BCUT2D eigenvalue weighted by Crippen LogP contribution is -2.13. The first-order chi connectivity index (χ1) is 6.95. The number of anilines is 1. The Kier molecular flexibility index (Phi) is 3.74. The fourth-order valence-electron chi connectivity index (χ4n) is 1.34. The second-order valence-electron chi connectivity index (χ2n) is 4.77. The lowest BCUT2D eigenvalue weighted by atomic mass is 9.92. The van der Waals surface area contributed by atoms with Crippen LogP contribution in [0.4, 0.5) is 5.82 Å². The maximum atomic E-state index is 5.88. The van der Waals surface area contributed by atoms with E-state index in [1.165, 1.54) is 0 Å². The van der Waals surface area contributed by atoms with Gasteiger partial charge in [0.15, 0.2) is 0 Å². The third-order valence-corrected chi connectivity index (χ3v) is 2.30. The summed E-state index contributed by atoms with van der Waals surface area (Å²) in [7, 11) is 1.70. The molecule has 0 aromatic carbocycles. The van der Waals surface area contributed by atoms with E-state index in [0.717, 1.165) is 31.1 Å². The number of hydrogen-bond acceptors (Lipinski definition) is 3. The molecule has 0 atom stereocenters. The van der Waals surface area contributed by atoms with Crippen molar-refractivity contribution in [3.05, 3.63) is 11.8 Å². The van der Waals surface area contributed by atoms with Gasteiger partial charge in [-0.3, -0.25) is 0 Å². The fraction of sp³-hybridized carbons (Fsp3) is 0.727. The van der Waals surface area contributed by atoms with Gasteiger partial charge < -0.3 is 10.5 Å². The summed E-state index contributed by atoms with van der Waals surface area (Å²) in [5.74, 6) is 0.732. The van der Waals surface area contributed by atoms with Crippen LogP contribution in [0.15, 0.2) is 6.07 Å².